The highest BCUT2D eigenvalue weighted by Gasteiger charge is 2.42. The van der Waals surface area contributed by atoms with E-state index >= 15 is 0 Å². The highest BCUT2D eigenvalue weighted by molar-refractivity contribution is 6.32. The molecule has 1 saturated heterocycles. The van der Waals surface area contributed by atoms with E-state index in [2.05, 4.69) is 5.32 Å². The number of nitrogens with one attached hydrogen (secondary N) is 1. The zero-order valence-electron chi connectivity index (χ0n) is 11.5. The number of carbonyl (C=O) groups excluding carboxylic acids is 1. The summed E-state index contributed by atoms with van der Waals surface area (Å²) < 4.78 is 19.2. The second-order valence-electron chi connectivity index (χ2n) is 5.84. The van der Waals surface area contributed by atoms with Crippen LogP contribution in [0.25, 0.3) is 0 Å². The Kier molecular flexibility index (Phi) is 3.80. The van der Waals surface area contributed by atoms with Crippen molar-refractivity contribution in [1.29, 1.82) is 0 Å². The van der Waals surface area contributed by atoms with Gasteiger partial charge in [-0.05, 0) is 44.2 Å². The number of hydrogen-bond acceptors (Lipinski definition) is 3. The SMILES string of the molecule is O=C(NC1CCOC2(CCC2)C1)c1cc(F)c(O)c(Cl)c1. The van der Waals surface area contributed by atoms with Gasteiger partial charge in [0.1, 0.15) is 0 Å². The molecule has 6 heteroatoms. The van der Waals surface area contributed by atoms with Crippen molar-refractivity contribution in [3.8, 4) is 5.75 Å². The minimum absolute atomic E-state index is 0.0298. The van der Waals surface area contributed by atoms with Gasteiger partial charge in [0.2, 0.25) is 0 Å². The Morgan fingerprint density at radius 3 is 2.86 bits per heavy atom. The summed E-state index contributed by atoms with van der Waals surface area (Å²) in [5.74, 6) is -1.90. The van der Waals surface area contributed by atoms with Crippen molar-refractivity contribution in [1.82, 2.24) is 5.32 Å². The van der Waals surface area contributed by atoms with Gasteiger partial charge in [0, 0.05) is 18.2 Å². The molecular formula is C15H17ClFNO3. The highest BCUT2D eigenvalue weighted by Crippen LogP contribution is 2.42. The predicted octanol–water partition coefficient (Wildman–Crippen LogP) is 3.02. The van der Waals surface area contributed by atoms with Crippen LogP contribution in [0.4, 0.5) is 4.39 Å². The average molecular weight is 314 g/mol. The third kappa shape index (κ3) is 2.85. The maximum absolute atomic E-state index is 13.4. The molecule has 2 N–H and O–H groups in total. The van der Waals surface area contributed by atoms with Crippen molar-refractivity contribution in [2.45, 2.75) is 43.7 Å². The first-order valence-corrected chi connectivity index (χ1v) is 7.50. The van der Waals surface area contributed by atoms with Crippen LogP contribution < -0.4 is 5.32 Å². The lowest BCUT2D eigenvalue weighted by Gasteiger charge is -2.47. The number of phenols is 1. The molecule has 1 saturated carbocycles. The van der Waals surface area contributed by atoms with Crippen LogP contribution in [-0.4, -0.2) is 29.3 Å². The van der Waals surface area contributed by atoms with E-state index in [1.54, 1.807) is 0 Å². The maximum atomic E-state index is 13.4. The molecule has 0 bridgehead atoms. The van der Waals surface area contributed by atoms with Crippen LogP contribution in [0.1, 0.15) is 42.5 Å². The van der Waals surface area contributed by atoms with Gasteiger partial charge in [-0.1, -0.05) is 11.6 Å². The highest BCUT2D eigenvalue weighted by atomic mass is 35.5. The number of hydrogen-bond donors (Lipinski definition) is 2. The smallest absolute Gasteiger partial charge is 0.251 e. The first-order valence-electron chi connectivity index (χ1n) is 7.12. The van der Waals surface area contributed by atoms with E-state index in [1.165, 1.54) is 12.5 Å². The number of aromatic hydroxyl groups is 1. The molecule has 114 valence electrons. The van der Waals surface area contributed by atoms with Crippen LogP contribution in [0.15, 0.2) is 12.1 Å². The molecule has 0 radical (unpaired) electrons. The van der Waals surface area contributed by atoms with Gasteiger partial charge in [-0.3, -0.25) is 4.79 Å². The minimum Gasteiger partial charge on any atom is -0.504 e. The molecule has 1 amide bonds. The van der Waals surface area contributed by atoms with Crippen molar-refractivity contribution >= 4 is 17.5 Å². The summed E-state index contributed by atoms with van der Waals surface area (Å²) in [6.45, 7) is 0.635. The van der Waals surface area contributed by atoms with Crippen LogP contribution in [0, 0.1) is 5.82 Å². The lowest BCUT2D eigenvalue weighted by Crippen LogP contribution is -2.52. The number of amides is 1. The van der Waals surface area contributed by atoms with Crippen molar-refractivity contribution in [3.63, 3.8) is 0 Å². The molecule has 1 aromatic rings. The second kappa shape index (κ2) is 5.46. The Morgan fingerprint density at radius 1 is 1.48 bits per heavy atom. The molecule has 1 heterocycles. The molecular weight excluding hydrogens is 297 g/mol. The van der Waals surface area contributed by atoms with E-state index in [4.69, 9.17) is 16.3 Å². The van der Waals surface area contributed by atoms with Crippen molar-refractivity contribution in [3.05, 3.63) is 28.5 Å². The monoisotopic (exact) mass is 313 g/mol. The fraction of sp³-hybridized carbons (Fsp3) is 0.533. The summed E-state index contributed by atoms with van der Waals surface area (Å²) in [6, 6.07) is 2.30. The molecule has 1 aromatic carbocycles. The standard InChI is InChI=1S/C15H17ClFNO3/c16-11-6-9(7-12(17)13(11)19)14(20)18-10-2-5-21-15(8-10)3-1-4-15/h6-7,10,19H,1-5,8H2,(H,18,20). The fourth-order valence-corrected chi connectivity index (χ4v) is 3.24. The molecule has 1 unspecified atom stereocenters. The van der Waals surface area contributed by atoms with Crippen LogP contribution in [0.2, 0.25) is 5.02 Å². The van der Waals surface area contributed by atoms with Gasteiger partial charge in [-0.2, -0.15) is 0 Å². The molecule has 1 aliphatic heterocycles. The van der Waals surface area contributed by atoms with E-state index in [-0.39, 0.29) is 28.1 Å². The molecule has 2 aliphatic rings. The lowest BCUT2D eigenvalue weighted by atomic mass is 9.74. The molecule has 1 spiro atoms. The molecule has 2 fully saturated rings. The summed E-state index contributed by atoms with van der Waals surface area (Å²) in [5, 5.41) is 12.0. The zero-order valence-corrected chi connectivity index (χ0v) is 12.3. The number of halogens is 2. The molecule has 21 heavy (non-hydrogen) atoms. The van der Waals surface area contributed by atoms with Gasteiger partial charge in [-0.25, -0.2) is 4.39 Å². The van der Waals surface area contributed by atoms with E-state index in [0.29, 0.717) is 6.61 Å². The van der Waals surface area contributed by atoms with Gasteiger partial charge < -0.3 is 15.2 Å². The second-order valence-corrected chi connectivity index (χ2v) is 6.24. The third-order valence-electron chi connectivity index (χ3n) is 4.37. The Morgan fingerprint density at radius 2 is 2.24 bits per heavy atom. The van der Waals surface area contributed by atoms with Crippen molar-refractivity contribution in [2.75, 3.05) is 6.61 Å². The molecule has 1 aliphatic carbocycles. The lowest BCUT2D eigenvalue weighted by molar-refractivity contribution is -0.134. The van der Waals surface area contributed by atoms with Gasteiger partial charge in [0.25, 0.3) is 5.91 Å². The van der Waals surface area contributed by atoms with Crippen LogP contribution in [0.3, 0.4) is 0 Å². The predicted molar refractivity (Wildman–Crippen MR) is 76.1 cm³/mol. The third-order valence-corrected chi connectivity index (χ3v) is 4.66. The van der Waals surface area contributed by atoms with Gasteiger partial charge in [0.15, 0.2) is 11.6 Å². The summed E-state index contributed by atoms with van der Waals surface area (Å²) in [7, 11) is 0. The Balaban J connectivity index is 1.68. The topological polar surface area (TPSA) is 58.6 Å². The summed E-state index contributed by atoms with van der Waals surface area (Å²) in [4.78, 5) is 12.2. The van der Waals surface area contributed by atoms with E-state index in [1.807, 2.05) is 0 Å². The number of ether oxygens (including phenoxy) is 1. The number of benzene rings is 1. The first kappa shape index (κ1) is 14.6. The van der Waals surface area contributed by atoms with Crippen LogP contribution in [-0.2, 0) is 4.74 Å². The van der Waals surface area contributed by atoms with Crippen molar-refractivity contribution in [2.24, 2.45) is 0 Å². The summed E-state index contributed by atoms with van der Waals surface area (Å²) in [6.07, 6.45) is 4.80. The maximum Gasteiger partial charge on any atom is 0.251 e. The van der Waals surface area contributed by atoms with E-state index in [0.717, 1.165) is 31.7 Å². The zero-order chi connectivity index (χ0) is 15.0. The number of phenolic OH excluding ortho intramolecular Hbond substituents is 1. The van der Waals surface area contributed by atoms with E-state index in [9.17, 15) is 14.3 Å². The van der Waals surface area contributed by atoms with Crippen molar-refractivity contribution < 1.29 is 19.0 Å². The number of carbonyl (C=O) groups is 1. The van der Waals surface area contributed by atoms with Gasteiger partial charge >= 0.3 is 0 Å². The summed E-state index contributed by atoms with van der Waals surface area (Å²) >= 11 is 5.69. The molecule has 0 aromatic heterocycles. The Labute approximate surface area is 127 Å². The molecule has 1 atom stereocenters. The minimum atomic E-state index is -0.893. The normalized spacial score (nSPS) is 23.6. The summed E-state index contributed by atoms with van der Waals surface area (Å²) in [5.41, 5.74) is 0.0538. The van der Waals surface area contributed by atoms with Gasteiger partial charge in [0.05, 0.1) is 10.6 Å². The van der Waals surface area contributed by atoms with Crippen LogP contribution in [0.5, 0.6) is 5.75 Å². The molecule has 3 rings (SSSR count). The average Bonchev–Trinajstić information content (AvgIpc) is 2.42. The quantitative estimate of drug-likeness (QED) is 0.882. The largest absolute Gasteiger partial charge is 0.504 e. The van der Waals surface area contributed by atoms with E-state index < -0.39 is 11.6 Å². The van der Waals surface area contributed by atoms with Crippen LogP contribution >= 0.6 is 11.6 Å². The number of rotatable bonds is 2. The van der Waals surface area contributed by atoms with Gasteiger partial charge in [-0.15, -0.1) is 0 Å². The fourth-order valence-electron chi connectivity index (χ4n) is 3.04. The first-order chi connectivity index (χ1) is 9.99. The Hall–Kier alpha value is -1.33. The Bertz CT molecular complexity index is 551. The molecule has 4 nitrogen and oxygen atoms in total.